The van der Waals surface area contributed by atoms with Gasteiger partial charge in [0.1, 0.15) is 11.5 Å². The molecule has 0 radical (unpaired) electrons. The monoisotopic (exact) mass is 416 g/mol. The van der Waals surface area contributed by atoms with Crippen molar-refractivity contribution in [3.63, 3.8) is 0 Å². The summed E-state index contributed by atoms with van der Waals surface area (Å²) in [5, 5.41) is 13.4. The van der Waals surface area contributed by atoms with Gasteiger partial charge < -0.3 is 19.5 Å². The number of hydrogen-bond donors (Lipinski definition) is 1. The molecule has 0 saturated carbocycles. The van der Waals surface area contributed by atoms with Gasteiger partial charge in [0.05, 0.1) is 18.6 Å². The molecule has 0 bridgehead atoms. The van der Waals surface area contributed by atoms with Gasteiger partial charge in [0.25, 0.3) is 5.69 Å². The second-order valence-electron chi connectivity index (χ2n) is 6.35. The van der Waals surface area contributed by atoms with Crippen LogP contribution in [0.25, 0.3) is 0 Å². The van der Waals surface area contributed by atoms with Crippen molar-refractivity contribution in [2.24, 2.45) is 0 Å². The van der Waals surface area contributed by atoms with Crippen LogP contribution in [0.3, 0.4) is 0 Å². The number of hydrogen-bond acceptors (Lipinski definition) is 7. The molecule has 2 aromatic rings. The van der Waals surface area contributed by atoms with Crippen molar-refractivity contribution in [3.05, 3.63) is 58.6 Å². The third-order valence-electron chi connectivity index (χ3n) is 4.09. The molecule has 0 aromatic heterocycles. The van der Waals surface area contributed by atoms with Crippen molar-refractivity contribution < 1.29 is 28.7 Å². The van der Waals surface area contributed by atoms with Crippen LogP contribution in [-0.4, -0.2) is 37.1 Å². The van der Waals surface area contributed by atoms with Crippen LogP contribution in [-0.2, 0) is 14.3 Å². The number of non-ortho nitro benzene ring substituents is 1. The van der Waals surface area contributed by atoms with Crippen LogP contribution in [0.5, 0.6) is 11.5 Å². The maximum Gasteiger partial charge on any atom is 0.343 e. The molecule has 0 fully saturated rings. The van der Waals surface area contributed by atoms with Gasteiger partial charge in [-0.2, -0.15) is 0 Å². The molecule has 0 spiro atoms. The average Bonchev–Trinajstić information content (AvgIpc) is 2.75. The molecule has 0 saturated heterocycles. The van der Waals surface area contributed by atoms with Crippen LogP contribution >= 0.6 is 0 Å². The van der Waals surface area contributed by atoms with E-state index < -0.39 is 10.9 Å². The zero-order chi connectivity index (χ0) is 21.8. The van der Waals surface area contributed by atoms with E-state index >= 15 is 0 Å². The van der Waals surface area contributed by atoms with Gasteiger partial charge in [0.2, 0.25) is 5.91 Å². The van der Waals surface area contributed by atoms with Gasteiger partial charge >= 0.3 is 5.97 Å². The molecule has 9 nitrogen and oxygen atoms in total. The number of nitro benzene ring substituents is 1. The van der Waals surface area contributed by atoms with E-state index in [1.54, 1.807) is 36.4 Å². The molecule has 9 heteroatoms. The Balaban J connectivity index is 1.58. The highest BCUT2D eigenvalue weighted by molar-refractivity contribution is 5.90. The third kappa shape index (κ3) is 8.17. The molecule has 1 amide bonds. The summed E-state index contributed by atoms with van der Waals surface area (Å²) in [6, 6.07) is 12.6. The van der Waals surface area contributed by atoms with Crippen molar-refractivity contribution in [2.75, 3.05) is 25.6 Å². The molecule has 0 heterocycles. The SMILES string of the molecule is COC(=O)COc1ccc(NC(=O)CCCCCOc2ccc([N+](=O)[O-])cc2)cc1. The quantitative estimate of drug-likeness (QED) is 0.242. The van der Waals surface area contributed by atoms with Crippen molar-refractivity contribution in [3.8, 4) is 11.5 Å². The minimum absolute atomic E-state index is 0.0247. The smallest absolute Gasteiger partial charge is 0.343 e. The summed E-state index contributed by atoms with van der Waals surface area (Å²) in [7, 11) is 1.29. The number of nitro groups is 1. The molecule has 0 aliphatic carbocycles. The summed E-state index contributed by atoms with van der Waals surface area (Å²) >= 11 is 0. The van der Waals surface area contributed by atoms with Crippen LogP contribution in [0, 0.1) is 10.1 Å². The Morgan fingerprint density at radius 3 is 2.20 bits per heavy atom. The molecule has 1 N–H and O–H groups in total. The number of nitrogens with one attached hydrogen (secondary N) is 1. The van der Waals surface area contributed by atoms with E-state index in [9.17, 15) is 19.7 Å². The molecule has 2 rings (SSSR count). The summed E-state index contributed by atoms with van der Waals surface area (Å²) in [5.41, 5.74) is 0.670. The normalized spacial score (nSPS) is 10.2. The lowest BCUT2D eigenvalue weighted by atomic mass is 10.2. The van der Waals surface area contributed by atoms with E-state index in [0.717, 1.165) is 19.3 Å². The lowest BCUT2D eigenvalue weighted by molar-refractivity contribution is -0.384. The summed E-state index contributed by atoms with van der Waals surface area (Å²) in [5.74, 6) is 0.531. The number of amides is 1. The molecule has 0 aliphatic rings. The topological polar surface area (TPSA) is 117 Å². The number of methoxy groups -OCH3 is 1. The second kappa shape index (κ2) is 12.1. The fraction of sp³-hybridized carbons (Fsp3) is 0.333. The lowest BCUT2D eigenvalue weighted by Crippen LogP contribution is -2.13. The first kappa shape index (κ1) is 22.7. The molecule has 0 aliphatic heterocycles. The van der Waals surface area contributed by atoms with E-state index in [4.69, 9.17) is 9.47 Å². The predicted octanol–water partition coefficient (Wildman–Crippen LogP) is 3.72. The fourth-order valence-corrected chi connectivity index (χ4v) is 2.48. The van der Waals surface area contributed by atoms with Gasteiger partial charge in [-0.3, -0.25) is 14.9 Å². The first-order valence-electron chi connectivity index (χ1n) is 9.44. The van der Waals surface area contributed by atoms with Crippen LogP contribution in [0.1, 0.15) is 25.7 Å². The number of carbonyl (C=O) groups is 2. The van der Waals surface area contributed by atoms with Crippen molar-refractivity contribution in [1.29, 1.82) is 0 Å². The number of esters is 1. The standard InChI is InChI=1S/C21H24N2O7/c1-28-21(25)15-30-19-10-6-16(7-11-19)22-20(24)5-3-2-4-14-29-18-12-8-17(9-13-18)23(26)27/h6-13H,2-5,14-15H2,1H3,(H,22,24). The summed E-state index contributed by atoms with van der Waals surface area (Å²) in [6.07, 6.45) is 2.70. The molecule has 160 valence electrons. The highest BCUT2D eigenvalue weighted by Crippen LogP contribution is 2.18. The van der Waals surface area contributed by atoms with Gasteiger partial charge in [0.15, 0.2) is 6.61 Å². The number of nitrogens with zero attached hydrogens (tertiary/aromatic N) is 1. The van der Waals surface area contributed by atoms with Gasteiger partial charge in [-0.05, 0) is 55.7 Å². The number of rotatable bonds is 12. The molecule has 30 heavy (non-hydrogen) atoms. The Morgan fingerprint density at radius 1 is 0.933 bits per heavy atom. The Kier molecular flexibility index (Phi) is 9.11. The Bertz CT molecular complexity index is 835. The molecular formula is C21H24N2O7. The molecule has 0 unspecified atom stereocenters. The minimum atomic E-state index is -0.467. The Morgan fingerprint density at radius 2 is 1.57 bits per heavy atom. The highest BCUT2D eigenvalue weighted by atomic mass is 16.6. The maximum absolute atomic E-state index is 12.0. The number of benzene rings is 2. The predicted molar refractivity (Wildman–Crippen MR) is 110 cm³/mol. The first-order valence-corrected chi connectivity index (χ1v) is 9.44. The van der Waals surface area contributed by atoms with Crippen LogP contribution < -0.4 is 14.8 Å². The lowest BCUT2D eigenvalue weighted by Gasteiger charge is -2.08. The first-order chi connectivity index (χ1) is 14.5. The number of ether oxygens (including phenoxy) is 3. The zero-order valence-electron chi connectivity index (χ0n) is 16.7. The van der Waals surface area contributed by atoms with E-state index in [-0.39, 0.29) is 18.2 Å². The molecule has 0 atom stereocenters. The number of anilines is 1. The van der Waals surface area contributed by atoms with E-state index in [1.807, 2.05) is 0 Å². The Labute approximate surface area is 174 Å². The second-order valence-corrected chi connectivity index (χ2v) is 6.35. The van der Waals surface area contributed by atoms with Crippen LogP contribution in [0.15, 0.2) is 48.5 Å². The summed E-state index contributed by atoms with van der Waals surface area (Å²) < 4.78 is 15.3. The summed E-state index contributed by atoms with van der Waals surface area (Å²) in [6.45, 7) is 0.308. The van der Waals surface area contributed by atoms with E-state index in [2.05, 4.69) is 10.1 Å². The van der Waals surface area contributed by atoms with Crippen LogP contribution in [0.4, 0.5) is 11.4 Å². The van der Waals surface area contributed by atoms with Gasteiger partial charge in [-0.15, -0.1) is 0 Å². The van der Waals surface area contributed by atoms with Gasteiger partial charge in [-0.1, -0.05) is 0 Å². The van der Waals surface area contributed by atoms with Crippen molar-refractivity contribution >= 4 is 23.3 Å². The molecular weight excluding hydrogens is 392 g/mol. The van der Waals surface area contributed by atoms with Crippen molar-refractivity contribution in [2.45, 2.75) is 25.7 Å². The highest BCUT2D eigenvalue weighted by Gasteiger charge is 2.06. The third-order valence-corrected chi connectivity index (χ3v) is 4.09. The number of carbonyl (C=O) groups excluding carboxylic acids is 2. The maximum atomic E-state index is 12.0. The molecule has 2 aromatic carbocycles. The van der Waals surface area contributed by atoms with E-state index in [0.29, 0.717) is 30.2 Å². The summed E-state index contributed by atoms with van der Waals surface area (Å²) in [4.78, 5) is 33.2. The average molecular weight is 416 g/mol. The van der Waals surface area contributed by atoms with Gasteiger partial charge in [0, 0.05) is 24.2 Å². The van der Waals surface area contributed by atoms with E-state index in [1.165, 1.54) is 19.2 Å². The fourth-order valence-electron chi connectivity index (χ4n) is 2.48. The zero-order valence-corrected chi connectivity index (χ0v) is 16.7. The Hall–Kier alpha value is -3.62. The van der Waals surface area contributed by atoms with Gasteiger partial charge in [-0.25, -0.2) is 4.79 Å². The number of unbranched alkanes of at least 4 members (excludes halogenated alkanes) is 2. The van der Waals surface area contributed by atoms with Crippen molar-refractivity contribution in [1.82, 2.24) is 0 Å². The minimum Gasteiger partial charge on any atom is -0.494 e. The van der Waals surface area contributed by atoms with Crippen LogP contribution in [0.2, 0.25) is 0 Å². The largest absolute Gasteiger partial charge is 0.494 e.